The molecule has 4 aromatic rings. The quantitative estimate of drug-likeness (QED) is 0.171. The maximum atomic E-state index is 13.2. The number of benzene rings is 3. The van der Waals surface area contributed by atoms with Crippen LogP contribution in [0.1, 0.15) is 15.2 Å². The van der Waals surface area contributed by atoms with E-state index < -0.39 is 5.91 Å². The van der Waals surface area contributed by atoms with Gasteiger partial charge in [-0.05, 0) is 60.0 Å². The number of rotatable bonds is 10. The second kappa shape index (κ2) is 13.3. The SMILES string of the molecule is COc1ccccc1NC(=O)CSc1cccc(NC(=O)/C(=C/c2cccs2)NC(=O)c2ccccc2)c1. The fourth-order valence-corrected chi connectivity index (χ4v) is 4.82. The highest BCUT2D eigenvalue weighted by atomic mass is 32.2. The molecule has 3 N–H and O–H groups in total. The van der Waals surface area contributed by atoms with Gasteiger partial charge in [0.1, 0.15) is 11.4 Å². The summed E-state index contributed by atoms with van der Waals surface area (Å²) in [4.78, 5) is 40.0. The molecule has 0 aliphatic heterocycles. The second-order valence-electron chi connectivity index (χ2n) is 7.91. The lowest BCUT2D eigenvalue weighted by Crippen LogP contribution is -2.30. The topological polar surface area (TPSA) is 96.5 Å². The first-order valence-corrected chi connectivity index (χ1v) is 13.5. The van der Waals surface area contributed by atoms with Crippen LogP contribution in [-0.4, -0.2) is 30.6 Å². The van der Waals surface area contributed by atoms with E-state index in [4.69, 9.17) is 4.74 Å². The van der Waals surface area contributed by atoms with Crippen molar-refractivity contribution >= 4 is 58.3 Å². The average Bonchev–Trinajstić information content (AvgIpc) is 3.46. The van der Waals surface area contributed by atoms with Gasteiger partial charge < -0.3 is 20.7 Å². The van der Waals surface area contributed by atoms with E-state index in [1.165, 1.54) is 23.1 Å². The van der Waals surface area contributed by atoms with Crippen molar-refractivity contribution in [1.29, 1.82) is 0 Å². The van der Waals surface area contributed by atoms with Crippen LogP contribution in [0.15, 0.2) is 107 Å². The molecule has 7 nitrogen and oxygen atoms in total. The first-order valence-electron chi connectivity index (χ1n) is 11.6. The molecule has 38 heavy (non-hydrogen) atoms. The summed E-state index contributed by atoms with van der Waals surface area (Å²) in [6, 6.07) is 26.8. The molecule has 0 radical (unpaired) electrons. The largest absolute Gasteiger partial charge is 0.495 e. The molecule has 4 rings (SSSR count). The predicted molar refractivity (Wildman–Crippen MR) is 154 cm³/mol. The van der Waals surface area contributed by atoms with E-state index in [0.29, 0.717) is 22.7 Å². The maximum absolute atomic E-state index is 13.2. The van der Waals surface area contributed by atoms with Gasteiger partial charge in [-0.25, -0.2) is 0 Å². The number of thiophene rings is 1. The summed E-state index contributed by atoms with van der Waals surface area (Å²) in [5, 5.41) is 10.3. The molecule has 0 atom stereocenters. The van der Waals surface area contributed by atoms with Gasteiger partial charge in [-0.2, -0.15) is 0 Å². The molecule has 9 heteroatoms. The van der Waals surface area contributed by atoms with E-state index in [0.717, 1.165) is 9.77 Å². The number of carbonyl (C=O) groups is 3. The zero-order valence-corrected chi connectivity index (χ0v) is 22.1. The van der Waals surface area contributed by atoms with Crippen LogP contribution >= 0.6 is 23.1 Å². The molecule has 3 amide bonds. The number of amides is 3. The summed E-state index contributed by atoms with van der Waals surface area (Å²) in [5.41, 5.74) is 1.71. The standard InChI is InChI=1S/C29H25N3O4S2/c1-36-26-15-6-5-14-24(26)31-27(33)19-38-22-12-7-11-21(17-22)30-29(35)25(18-23-13-8-16-37-23)32-28(34)20-9-3-2-4-10-20/h2-18H,19H2,1H3,(H,30,35)(H,31,33)(H,32,34)/b25-18-. The Bertz CT molecular complexity index is 1440. The molecule has 0 fully saturated rings. The van der Waals surface area contributed by atoms with E-state index in [-0.39, 0.29) is 23.3 Å². The Kier molecular flexibility index (Phi) is 9.33. The second-order valence-corrected chi connectivity index (χ2v) is 9.94. The fourth-order valence-electron chi connectivity index (χ4n) is 3.40. The lowest BCUT2D eigenvalue weighted by atomic mass is 10.2. The van der Waals surface area contributed by atoms with Crippen LogP contribution in [0.4, 0.5) is 11.4 Å². The molecule has 0 unspecified atom stereocenters. The van der Waals surface area contributed by atoms with Crippen molar-refractivity contribution in [2.75, 3.05) is 23.5 Å². The first-order chi connectivity index (χ1) is 18.5. The molecule has 0 spiro atoms. The van der Waals surface area contributed by atoms with Gasteiger partial charge in [0.15, 0.2) is 0 Å². The number of methoxy groups -OCH3 is 1. The van der Waals surface area contributed by atoms with Crippen molar-refractivity contribution in [2.24, 2.45) is 0 Å². The number of hydrogen-bond donors (Lipinski definition) is 3. The van der Waals surface area contributed by atoms with Crippen molar-refractivity contribution in [1.82, 2.24) is 5.32 Å². The number of nitrogens with one attached hydrogen (secondary N) is 3. The smallest absolute Gasteiger partial charge is 0.272 e. The summed E-state index contributed by atoms with van der Waals surface area (Å²) >= 11 is 2.79. The normalized spacial score (nSPS) is 10.9. The molecular weight excluding hydrogens is 518 g/mol. The summed E-state index contributed by atoms with van der Waals surface area (Å²) in [5.74, 6) is -0.265. The van der Waals surface area contributed by atoms with Crippen LogP contribution in [-0.2, 0) is 9.59 Å². The van der Waals surface area contributed by atoms with Crippen LogP contribution in [0.5, 0.6) is 5.75 Å². The zero-order valence-electron chi connectivity index (χ0n) is 20.5. The Hall–Kier alpha value is -4.34. The van der Waals surface area contributed by atoms with Gasteiger partial charge >= 0.3 is 0 Å². The van der Waals surface area contributed by atoms with E-state index in [2.05, 4.69) is 16.0 Å². The minimum Gasteiger partial charge on any atom is -0.495 e. The van der Waals surface area contributed by atoms with Gasteiger partial charge in [-0.15, -0.1) is 23.1 Å². The Labute approximate surface area is 228 Å². The highest BCUT2D eigenvalue weighted by Crippen LogP contribution is 2.25. The van der Waals surface area contributed by atoms with E-state index in [1.807, 2.05) is 41.8 Å². The van der Waals surface area contributed by atoms with Crippen LogP contribution < -0.4 is 20.7 Å². The summed E-state index contributed by atoms with van der Waals surface area (Å²) in [6.45, 7) is 0. The molecule has 0 bridgehead atoms. The molecule has 0 saturated carbocycles. The van der Waals surface area contributed by atoms with Crippen molar-refractivity contribution < 1.29 is 19.1 Å². The lowest BCUT2D eigenvalue weighted by Gasteiger charge is -2.12. The number of ether oxygens (including phenoxy) is 1. The first kappa shape index (κ1) is 26.7. The van der Waals surface area contributed by atoms with Gasteiger partial charge in [0.05, 0.1) is 18.6 Å². The van der Waals surface area contributed by atoms with E-state index in [1.54, 1.807) is 67.8 Å². The monoisotopic (exact) mass is 543 g/mol. The Balaban J connectivity index is 1.41. The Morgan fingerprint density at radius 2 is 1.68 bits per heavy atom. The number of para-hydroxylation sites is 2. The predicted octanol–water partition coefficient (Wildman–Crippen LogP) is 5.90. The van der Waals surface area contributed by atoms with E-state index >= 15 is 0 Å². The van der Waals surface area contributed by atoms with Gasteiger partial charge in [0, 0.05) is 21.0 Å². The van der Waals surface area contributed by atoms with Crippen LogP contribution in [0, 0.1) is 0 Å². The van der Waals surface area contributed by atoms with Crippen molar-refractivity contribution in [3.8, 4) is 5.75 Å². The number of anilines is 2. The third-order valence-corrected chi connectivity index (χ3v) is 7.01. The van der Waals surface area contributed by atoms with Gasteiger partial charge in [0.25, 0.3) is 11.8 Å². The lowest BCUT2D eigenvalue weighted by molar-refractivity contribution is -0.114. The number of hydrogen-bond acceptors (Lipinski definition) is 6. The molecule has 1 heterocycles. The number of carbonyl (C=O) groups excluding carboxylic acids is 3. The molecule has 3 aromatic carbocycles. The Morgan fingerprint density at radius 1 is 0.895 bits per heavy atom. The van der Waals surface area contributed by atoms with E-state index in [9.17, 15) is 14.4 Å². The highest BCUT2D eigenvalue weighted by molar-refractivity contribution is 8.00. The molecule has 192 valence electrons. The number of thioether (sulfide) groups is 1. The minimum absolute atomic E-state index is 0.121. The molecule has 0 saturated heterocycles. The molecule has 0 aliphatic rings. The van der Waals surface area contributed by atoms with Gasteiger partial charge in [-0.3, -0.25) is 14.4 Å². The van der Waals surface area contributed by atoms with Crippen LogP contribution in [0.3, 0.4) is 0 Å². The van der Waals surface area contributed by atoms with Crippen molar-refractivity contribution in [3.63, 3.8) is 0 Å². The molecular formula is C29H25N3O4S2. The third kappa shape index (κ3) is 7.58. The fraction of sp³-hybridized carbons (Fsp3) is 0.0690. The molecule has 1 aromatic heterocycles. The van der Waals surface area contributed by atoms with Crippen LogP contribution in [0.2, 0.25) is 0 Å². The average molecular weight is 544 g/mol. The summed E-state index contributed by atoms with van der Waals surface area (Å²) < 4.78 is 5.27. The summed E-state index contributed by atoms with van der Waals surface area (Å²) in [6.07, 6.45) is 1.64. The van der Waals surface area contributed by atoms with Crippen molar-refractivity contribution in [3.05, 3.63) is 113 Å². The zero-order chi connectivity index (χ0) is 26.7. The third-order valence-electron chi connectivity index (χ3n) is 5.20. The highest BCUT2D eigenvalue weighted by Gasteiger charge is 2.16. The minimum atomic E-state index is -0.459. The van der Waals surface area contributed by atoms with Gasteiger partial charge in [0.2, 0.25) is 5.91 Å². The van der Waals surface area contributed by atoms with Gasteiger partial charge in [-0.1, -0.05) is 42.5 Å². The van der Waals surface area contributed by atoms with Crippen molar-refractivity contribution in [2.45, 2.75) is 4.90 Å². The summed E-state index contributed by atoms with van der Waals surface area (Å²) in [7, 11) is 1.55. The molecule has 0 aliphatic carbocycles. The Morgan fingerprint density at radius 3 is 2.45 bits per heavy atom. The van der Waals surface area contributed by atoms with Crippen LogP contribution in [0.25, 0.3) is 6.08 Å². The maximum Gasteiger partial charge on any atom is 0.272 e.